The van der Waals surface area contributed by atoms with Crippen LogP contribution in [0, 0.1) is 17.6 Å². The highest BCUT2D eigenvalue weighted by Gasteiger charge is 2.29. The molecule has 4 heteroatoms. The predicted octanol–water partition coefficient (Wildman–Crippen LogP) is 3.04. The summed E-state index contributed by atoms with van der Waals surface area (Å²) in [5.74, 6) is -0.595. The van der Waals surface area contributed by atoms with Crippen molar-refractivity contribution in [2.45, 2.75) is 25.9 Å². The molecule has 1 aromatic rings. The number of hydrogen-bond donors (Lipinski definition) is 1. The number of rotatable bonds is 4. The monoisotopic (exact) mass is 255 g/mol. The summed E-state index contributed by atoms with van der Waals surface area (Å²) in [6.07, 6.45) is 1.62. The molecule has 0 radical (unpaired) electrons. The van der Waals surface area contributed by atoms with Gasteiger partial charge in [-0.05, 0) is 37.6 Å². The molecule has 18 heavy (non-hydrogen) atoms. The second-order valence-electron chi connectivity index (χ2n) is 4.67. The van der Waals surface area contributed by atoms with Crippen LogP contribution in [0.5, 0.6) is 0 Å². The average Bonchev–Trinajstić information content (AvgIpc) is 2.39. The molecule has 1 aliphatic rings. The second kappa shape index (κ2) is 6.25. The van der Waals surface area contributed by atoms with E-state index >= 15 is 0 Å². The fourth-order valence-electron chi connectivity index (χ4n) is 2.46. The van der Waals surface area contributed by atoms with Gasteiger partial charge in [0.25, 0.3) is 0 Å². The summed E-state index contributed by atoms with van der Waals surface area (Å²) in [4.78, 5) is 0. The summed E-state index contributed by atoms with van der Waals surface area (Å²) in [7, 11) is 0. The first kappa shape index (κ1) is 13.4. The molecule has 1 saturated heterocycles. The number of ether oxygens (including phenoxy) is 1. The number of benzene rings is 1. The maximum atomic E-state index is 13.8. The molecule has 0 amide bonds. The molecule has 0 spiro atoms. The van der Waals surface area contributed by atoms with Crippen LogP contribution >= 0.6 is 0 Å². The van der Waals surface area contributed by atoms with Crippen molar-refractivity contribution in [1.29, 1.82) is 0 Å². The van der Waals surface area contributed by atoms with Crippen LogP contribution in [0.2, 0.25) is 0 Å². The quantitative estimate of drug-likeness (QED) is 0.893. The van der Waals surface area contributed by atoms with Crippen molar-refractivity contribution >= 4 is 0 Å². The molecular formula is C14H19F2NO. The lowest BCUT2D eigenvalue weighted by atomic mass is 9.89. The minimum atomic E-state index is -0.414. The van der Waals surface area contributed by atoms with Gasteiger partial charge in [-0.15, -0.1) is 0 Å². The minimum Gasteiger partial charge on any atom is -0.373 e. The first-order valence-corrected chi connectivity index (χ1v) is 6.49. The van der Waals surface area contributed by atoms with Crippen molar-refractivity contribution in [2.75, 3.05) is 19.7 Å². The molecule has 1 fully saturated rings. The van der Waals surface area contributed by atoms with Crippen LogP contribution < -0.4 is 5.32 Å². The Morgan fingerprint density at radius 2 is 2.22 bits per heavy atom. The van der Waals surface area contributed by atoms with Crippen LogP contribution in [-0.4, -0.2) is 19.7 Å². The van der Waals surface area contributed by atoms with E-state index in [-0.39, 0.29) is 17.8 Å². The third kappa shape index (κ3) is 3.06. The molecule has 0 aromatic heterocycles. The third-order valence-electron chi connectivity index (χ3n) is 3.37. The van der Waals surface area contributed by atoms with Gasteiger partial charge in [0.1, 0.15) is 11.6 Å². The summed E-state index contributed by atoms with van der Waals surface area (Å²) >= 11 is 0. The third-order valence-corrected chi connectivity index (χ3v) is 3.37. The van der Waals surface area contributed by atoms with Gasteiger partial charge in [-0.3, -0.25) is 0 Å². The summed E-state index contributed by atoms with van der Waals surface area (Å²) < 4.78 is 32.7. The van der Waals surface area contributed by atoms with Crippen molar-refractivity contribution < 1.29 is 13.5 Å². The van der Waals surface area contributed by atoms with Gasteiger partial charge in [0, 0.05) is 24.6 Å². The Bertz CT molecular complexity index is 397. The van der Waals surface area contributed by atoms with Crippen molar-refractivity contribution in [3.05, 3.63) is 35.4 Å². The lowest BCUT2D eigenvalue weighted by Gasteiger charge is -2.32. The smallest absolute Gasteiger partial charge is 0.129 e. The lowest BCUT2D eigenvalue weighted by Crippen LogP contribution is -2.32. The van der Waals surface area contributed by atoms with E-state index in [2.05, 4.69) is 5.32 Å². The Labute approximate surface area is 106 Å². The Balaban J connectivity index is 2.19. The highest BCUT2D eigenvalue weighted by molar-refractivity contribution is 5.22. The molecule has 2 rings (SSSR count). The fraction of sp³-hybridized carbons (Fsp3) is 0.571. The molecule has 0 bridgehead atoms. The summed E-state index contributed by atoms with van der Waals surface area (Å²) in [5, 5.41) is 3.26. The Kier molecular flexibility index (Phi) is 4.66. The Morgan fingerprint density at radius 1 is 1.39 bits per heavy atom. The molecule has 0 aliphatic carbocycles. The SMILES string of the molecule is CCNCC1CCCOC1c1cc(F)ccc1F. The summed E-state index contributed by atoms with van der Waals surface area (Å²) in [5.41, 5.74) is 0.345. The summed E-state index contributed by atoms with van der Waals surface area (Å²) in [6, 6.07) is 3.57. The molecular weight excluding hydrogens is 236 g/mol. The maximum absolute atomic E-state index is 13.8. The highest BCUT2D eigenvalue weighted by Crippen LogP contribution is 2.34. The second-order valence-corrected chi connectivity index (χ2v) is 4.67. The van der Waals surface area contributed by atoms with Crippen molar-refractivity contribution in [1.82, 2.24) is 5.32 Å². The van der Waals surface area contributed by atoms with Crippen LogP contribution in [0.25, 0.3) is 0 Å². The van der Waals surface area contributed by atoms with Gasteiger partial charge in [-0.25, -0.2) is 8.78 Å². The van der Waals surface area contributed by atoms with Crippen molar-refractivity contribution in [3.63, 3.8) is 0 Å². The molecule has 2 unspecified atom stereocenters. The lowest BCUT2D eigenvalue weighted by molar-refractivity contribution is -0.0296. The highest BCUT2D eigenvalue weighted by atomic mass is 19.1. The van der Waals surface area contributed by atoms with Crippen molar-refractivity contribution in [2.24, 2.45) is 5.92 Å². The molecule has 1 N–H and O–H groups in total. The Morgan fingerprint density at radius 3 is 3.00 bits per heavy atom. The molecule has 2 atom stereocenters. The number of halogens is 2. The summed E-state index contributed by atoms with van der Waals surface area (Å²) in [6.45, 7) is 4.29. The van der Waals surface area contributed by atoms with E-state index in [1.54, 1.807) is 0 Å². The van der Waals surface area contributed by atoms with Crippen LogP contribution in [0.1, 0.15) is 31.4 Å². The van der Waals surface area contributed by atoms with Crippen LogP contribution in [-0.2, 0) is 4.74 Å². The first-order chi connectivity index (χ1) is 8.72. The van der Waals surface area contributed by atoms with Crippen molar-refractivity contribution in [3.8, 4) is 0 Å². The zero-order chi connectivity index (χ0) is 13.0. The Hall–Kier alpha value is -1.00. The van der Waals surface area contributed by atoms with Gasteiger partial charge in [0.05, 0.1) is 6.10 Å². The molecule has 2 nitrogen and oxygen atoms in total. The molecule has 1 aromatic carbocycles. The largest absolute Gasteiger partial charge is 0.373 e. The average molecular weight is 255 g/mol. The zero-order valence-corrected chi connectivity index (χ0v) is 10.6. The van der Waals surface area contributed by atoms with E-state index in [1.807, 2.05) is 6.92 Å². The van der Waals surface area contributed by atoms with Crippen LogP contribution in [0.15, 0.2) is 18.2 Å². The first-order valence-electron chi connectivity index (χ1n) is 6.49. The molecule has 1 aliphatic heterocycles. The normalized spacial score (nSPS) is 24.2. The molecule has 0 saturated carbocycles. The van der Waals surface area contributed by atoms with Gasteiger partial charge in [0.15, 0.2) is 0 Å². The van der Waals surface area contributed by atoms with Gasteiger partial charge in [-0.1, -0.05) is 6.92 Å². The van der Waals surface area contributed by atoms with Crippen LogP contribution in [0.4, 0.5) is 8.78 Å². The minimum absolute atomic E-state index is 0.204. The van der Waals surface area contributed by atoms with E-state index in [0.29, 0.717) is 12.2 Å². The van der Waals surface area contributed by atoms with E-state index in [9.17, 15) is 8.78 Å². The van der Waals surface area contributed by atoms with Gasteiger partial charge in [0.2, 0.25) is 0 Å². The number of hydrogen-bond acceptors (Lipinski definition) is 2. The zero-order valence-electron chi connectivity index (χ0n) is 10.6. The predicted molar refractivity (Wildman–Crippen MR) is 66.3 cm³/mol. The number of nitrogens with one attached hydrogen (secondary N) is 1. The topological polar surface area (TPSA) is 21.3 Å². The van der Waals surface area contributed by atoms with Crippen LogP contribution in [0.3, 0.4) is 0 Å². The molecule has 1 heterocycles. The van der Waals surface area contributed by atoms with E-state index in [4.69, 9.17) is 4.74 Å². The van der Waals surface area contributed by atoms with E-state index in [1.165, 1.54) is 12.1 Å². The van der Waals surface area contributed by atoms with Gasteiger partial charge in [-0.2, -0.15) is 0 Å². The maximum Gasteiger partial charge on any atom is 0.129 e. The fourth-order valence-corrected chi connectivity index (χ4v) is 2.46. The van der Waals surface area contributed by atoms with Gasteiger partial charge < -0.3 is 10.1 Å². The van der Waals surface area contributed by atoms with E-state index in [0.717, 1.165) is 32.0 Å². The van der Waals surface area contributed by atoms with E-state index < -0.39 is 5.82 Å². The standard InChI is InChI=1S/C14H19F2NO/c1-2-17-9-10-4-3-7-18-14(10)12-8-11(15)5-6-13(12)16/h5-6,8,10,14,17H,2-4,7,9H2,1H3. The molecule has 100 valence electrons. The van der Waals surface area contributed by atoms with Gasteiger partial charge >= 0.3 is 0 Å².